The van der Waals surface area contributed by atoms with Gasteiger partial charge in [-0.2, -0.15) is 0 Å². The second-order valence-electron chi connectivity index (χ2n) is 7.26. The number of guanidine groups is 1. The monoisotopic (exact) mass is 533 g/mol. The van der Waals surface area contributed by atoms with Crippen molar-refractivity contribution in [2.45, 2.75) is 38.1 Å². The standard InChI is InChI=1S/C20H28ClN9O2.2ClH/c21-16-18(25)29-17(24)15(28-16)19(32)30-20(26)27-8-2-1-3-11-4-6-12(7-5-11)9-13(22)10-14(23)31;;/h4-7,13H,1-3,8-10,22H2,(H2,23,31)(H4,24,25,29)(H3,26,27,30,32);2*1H/t13-;;/m1../s1. The predicted molar refractivity (Wildman–Crippen MR) is 139 cm³/mol. The molecule has 11 N–H and O–H groups in total. The lowest BCUT2D eigenvalue weighted by Gasteiger charge is -2.10. The molecule has 1 heterocycles. The summed E-state index contributed by atoms with van der Waals surface area (Å²) in [6.07, 6.45) is 3.29. The highest BCUT2D eigenvalue weighted by molar-refractivity contribution is 6.31. The molecule has 1 atom stereocenters. The molecule has 0 spiro atoms. The summed E-state index contributed by atoms with van der Waals surface area (Å²) in [5.74, 6) is -1.35. The minimum atomic E-state index is -0.672. The topological polar surface area (TPSA) is 214 Å². The molecule has 2 aromatic rings. The van der Waals surface area contributed by atoms with Gasteiger partial charge in [-0.15, -0.1) is 24.8 Å². The van der Waals surface area contributed by atoms with Gasteiger partial charge < -0.3 is 28.7 Å². The van der Waals surface area contributed by atoms with Crippen LogP contribution in [0.15, 0.2) is 29.3 Å². The number of nitrogens with one attached hydrogen (secondary N) is 1. The van der Waals surface area contributed by atoms with E-state index in [1.165, 1.54) is 5.56 Å². The van der Waals surface area contributed by atoms with Gasteiger partial charge in [0.15, 0.2) is 28.4 Å². The number of rotatable bonds is 10. The van der Waals surface area contributed by atoms with E-state index in [4.69, 9.17) is 40.3 Å². The van der Waals surface area contributed by atoms with E-state index < -0.39 is 11.8 Å². The van der Waals surface area contributed by atoms with E-state index in [1.807, 2.05) is 24.3 Å². The van der Waals surface area contributed by atoms with Crippen LogP contribution in [0.2, 0.25) is 5.15 Å². The molecule has 0 aliphatic heterocycles. The van der Waals surface area contributed by atoms with Gasteiger partial charge >= 0.3 is 0 Å². The molecule has 0 saturated carbocycles. The first-order valence-corrected chi connectivity index (χ1v) is 10.3. The van der Waals surface area contributed by atoms with Crippen molar-refractivity contribution in [3.05, 3.63) is 46.2 Å². The Morgan fingerprint density at radius 1 is 1.00 bits per heavy atom. The molecule has 2 amide bonds. The number of halogens is 3. The summed E-state index contributed by atoms with van der Waals surface area (Å²) >= 11 is 5.77. The summed E-state index contributed by atoms with van der Waals surface area (Å²) < 4.78 is 0. The third kappa shape index (κ3) is 10.4. The molecule has 14 heteroatoms. The number of carbonyl (C=O) groups excluding carboxylic acids is 2. The van der Waals surface area contributed by atoms with Crippen molar-refractivity contribution in [2.24, 2.45) is 22.2 Å². The molecule has 2 rings (SSSR count). The lowest BCUT2D eigenvalue weighted by molar-refractivity contribution is -0.118. The Kier molecular flexibility index (Phi) is 13.8. The third-order valence-electron chi connectivity index (χ3n) is 4.50. The van der Waals surface area contributed by atoms with E-state index in [1.54, 1.807) is 0 Å². The van der Waals surface area contributed by atoms with Gasteiger partial charge in [-0.3, -0.25) is 19.9 Å². The Morgan fingerprint density at radius 2 is 1.62 bits per heavy atom. The van der Waals surface area contributed by atoms with Crippen LogP contribution in [0, 0.1) is 0 Å². The molecule has 1 aromatic heterocycles. The minimum absolute atomic E-state index is 0. The molecule has 11 nitrogen and oxygen atoms in total. The number of anilines is 2. The highest BCUT2D eigenvalue weighted by Crippen LogP contribution is 2.17. The molecule has 188 valence electrons. The van der Waals surface area contributed by atoms with E-state index in [2.05, 4.69) is 20.3 Å². The zero-order valence-corrected chi connectivity index (χ0v) is 20.8. The Balaban J connectivity index is 0.00000544. The van der Waals surface area contributed by atoms with Crippen LogP contribution in [-0.4, -0.2) is 40.3 Å². The van der Waals surface area contributed by atoms with Gasteiger partial charge in [0.1, 0.15) is 0 Å². The SMILES string of the molecule is Cl.Cl.NC(=O)C[C@H](N)Cc1ccc(CCCCN=C(N)NC(=O)c2nc(Cl)c(N)nc2N)cc1. The fourth-order valence-corrected chi connectivity index (χ4v) is 3.07. The highest BCUT2D eigenvalue weighted by atomic mass is 35.5. The molecule has 0 bridgehead atoms. The number of aliphatic imine (C=N–C) groups is 1. The molecule has 0 unspecified atom stereocenters. The van der Waals surface area contributed by atoms with E-state index >= 15 is 0 Å². The number of benzene rings is 1. The number of aryl methyl sites for hydroxylation is 1. The third-order valence-corrected chi connectivity index (χ3v) is 4.78. The summed E-state index contributed by atoms with van der Waals surface area (Å²) in [6, 6.07) is 7.79. The second kappa shape index (κ2) is 15.1. The van der Waals surface area contributed by atoms with Crippen molar-refractivity contribution < 1.29 is 9.59 Å². The van der Waals surface area contributed by atoms with E-state index in [-0.39, 0.29) is 65.7 Å². The van der Waals surface area contributed by atoms with Crippen molar-refractivity contribution in [1.82, 2.24) is 15.3 Å². The van der Waals surface area contributed by atoms with Crippen molar-refractivity contribution in [2.75, 3.05) is 18.0 Å². The zero-order valence-electron chi connectivity index (χ0n) is 18.4. The lowest BCUT2D eigenvalue weighted by Crippen LogP contribution is -2.38. The lowest BCUT2D eigenvalue weighted by atomic mass is 10.0. The van der Waals surface area contributed by atoms with Crippen molar-refractivity contribution in [3.8, 4) is 0 Å². The van der Waals surface area contributed by atoms with Gasteiger partial charge in [0.05, 0.1) is 0 Å². The molecule has 0 radical (unpaired) electrons. The number of primary amides is 1. The van der Waals surface area contributed by atoms with Gasteiger partial charge in [-0.1, -0.05) is 35.9 Å². The molecule has 0 aliphatic carbocycles. The van der Waals surface area contributed by atoms with Crippen LogP contribution in [0.5, 0.6) is 0 Å². The molecule has 0 aliphatic rings. The van der Waals surface area contributed by atoms with Crippen LogP contribution >= 0.6 is 36.4 Å². The summed E-state index contributed by atoms with van der Waals surface area (Å²) in [7, 11) is 0. The molecular formula is C20H30Cl3N9O2. The maximum atomic E-state index is 12.2. The normalized spacial score (nSPS) is 11.6. The number of nitrogen functional groups attached to an aromatic ring is 2. The van der Waals surface area contributed by atoms with Crippen LogP contribution in [0.1, 0.15) is 40.9 Å². The minimum Gasteiger partial charge on any atom is -0.382 e. The van der Waals surface area contributed by atoms with Crippen LogP contribution < -0.4 is 34.0 Å². The largest absolute Gasteiger partial charge is 0.382 e. The van der Waals surface area contributed by atoms with Crippen LogP contribution in [0.3, 0.4) is 0 Å². The van der Waals surface area contributed by atoms with Crippen LogP contribution in [-0.2, 0) is 17.6 Å². The summed E-state index contributed by atoms with van der Waals surface area (Å²) in [5, 5.41) is 2.27. The van der Waals surface area contributed by atoms with E-state index in [0.29, 0.717) is 13.0 Å². The number of hydrogen-bond donors (Lipinski definition) is 6. The summed E-state index contributed by atoms with van der Waals surface area (Å²) in [4.78, 5) is 34.8. The van der Waals surface area contributed by atoms with Crippen LogP contribution in [0.4, 0.5) is 11.6 Å². The Hall–Kier alpha value is -2.86. The fraction of sp³-hybridized carbons (Fsp3) is 0.350. The maximum absolute atomic E-state index is 12.2. The zero-order chi connectivity index (χ0) is 23.7. The van der Waals surface area contributed by atoms with Gasteiger partial charge in [0, 0.05) is 19.0 Å². The van der Waals surface area contributed by atoms with Crippen molar-refractivity contribution in [1.29, 1.82) is 0 Å². The van der Waals surface area contributed by atoms with Crippen molar-refractivity contribution >= 4 is 65.8 Å². The number of nitrogens with zero attached hydrogens (tertiary/aromatic N) is 3. The maximum Gasteiger partial charge on any atom is 0.280 e. The van der Waals surface area contributed by atoms with Gasteiger partial charge in [0.2, 0.25) is 5.91 Å². The fourth-order valence-electron chi connectivity index (χ4n) is 2.94. The second-order valence-corrected chi connectivity index (χ2v) is 7.62. The van der Waals surface area contributed by atoms with Crippen LogP contribution in [0.25, 0.3) is 0 Å². The molecule has 1 aromatic carbocycles. The summed E-state index contributed by atoms with van der Waals surface area (Å²) in [5.41, 5.74) is 30.0. The van der Waals surface area contributed by atoms with Gasteiger partial charge in [0.25, 0.3) is 5.91 Å². The smallest absolute Gasteiger partial charge is 0.280 e. The molecule has 0 saturated heterocycles. The number of nitrogens with two attached hydrogens (primary N) is 5. The van der Waals surface area contributed by atoms with Gasteiger partial charge in [-0.05, 0) is 36.8 Å². The average Bonchev–Trinajstić information content (AvgIpc) is 2.71. The average molecular weight is 535 g/mol. The number of carbonyl (C=O) groups is 2. The number of unbranched alkanes of at least 4 members (excludes halogenated alkanes) is 1. The first kappa shape index (κ1) is 31.1. The van der Waals surface area contributed by atoms with E-state index in [9.17, 15) is 9.59 Å². The number of aromatic nitrogens is 2. The Morgan fingerprint density at radius 3 is 2.24 bits per heavy atom. The first-order chi connectivity index (χ1) is 15.2. The van der Waals surface area contributed by atoms with Crippen molar-refractivity contribution in [3.63, 3.8) is 0 Å². The highest BCUT2D eigenvalue weighted by Gasteiger charge is 2.16. The Bertz CT molecular complexity index is 988. The number of hydrogen-bond acceptors (Lipinski definition) is 8. The Labute approximate surface area is 215 Å². The van der Waals surface area contributed by atoms with Gasteiger partial charge in [-0.25, -0.2) is 9.97 Å². The quantitative estimate of drug-likeness (QED) is 0.146. The molecular weight excluding hydrogens is 505 g/mol. The predicted octanol–water partition coefficient (Wildman–Crippen LogP) is 0.951. The molecule has 0 fully saturated rings. The van der Waals surface area contributed by atoms with E-state index in [0.717, 1.165) is 24.8 Å². The summed E-state index contributed by atoms with van der Waals surface area (Å²) in [6.45, 7) is 0.440. The number of amides is 2. The molecule has 34 heavy (non-hydrogen) atoms. The first-order valence-electron chi connectivity index (χ1n) is 9.97.